The lowest BCUT2D eigenvalue weighted by Gasteiger charge is -2.13. The van der Waals surface area contributed by atoms with Gasteiger partial charge in [0.05, 0.1) is 5.56 Å². The Labute approximate surface area is 118 Å². The van der Waals surface area contributed by atoms with Gasteiger partial charge in [0.25, 0.3) is 0 Å². The molecule has 0 radical (unpaired) electrons. The van der Waals surface area contributed by atoms with Crippen LogP contribution in [0.15, 0.2) is 18.2 Å². The van der Waals surface area contributed by atoms with Crippen LogP contribution in [0, 0.1) is 0 Å². The van der Waals surface area contributed by atoms with Crippen molar-refractivity contribution < 1.29 is 13.2 Å². The Hall–Kier alpha value is -1.39. The summed E-state index contributed by atoms with van der Waals surface area (Å²) in [5, 5.41) is 3.02. The average Bonchev–Trinajstić information content (AvgIpc) is 2.38. The minimum absolute atomic E-state index is 0.234. The lowest BCUT2D eigenvalue weighted by molar-refractivity contribution is -0.136. The predicted molar refractivity (Wildman–Crippen MR) is 77.7 cm³/mol. The number of nitrogens with two attached hydrogens (primary N) is 1. The molecule has 1 aromatic rings. The first-order valence-electron chi connectivity index (χ1n) is 7.15. The van der Waals surface area contributed by atoms with E-state index in [1.54, 1.807) is 6.07 Å². The fourth-order valence-electron chi connectivity index (χ4n) is 2.05. The number of unbranched alkanes of at least 4 members (excludes halogenated alkanes) is 5. The molecule has 5 heteroatoms. The van der Waals surface area contributed by atoms with Crippen molar-refractivity contribution in [1.29, 1.82) is 0 Å². The van der Waals surface area contributed by atoms with Crippen molar-refractivity contribution in [1.82, 2.24) is 0 Å². The van der Waals surface area contributed by atoms with Gasteiger partial charge in [-0.1, -0.05) is 39.0 Å². The van der Waals surface area contributed by atoms with Crippen LogP contribution < -0.4 is 11.1 Å². The standard InChI is InChI=1S/C15H23F3N2/c1-2-3-4-5-6-7-10-20-12-8-9-14(19)13(11-12)15(16,17)18/h8-9,11,20H,2-7,10,19H2,1H3. The maximum absolute atomic E-state index is 12.7. The first kappa shape index (κ1) is 16.7. The fourth-order valence-corrected chi connectivity index (χ4v) is 2.05. The molecule has 0 amide bonds. The summed E-state index contributed by atoms with van der Waals surface area (Å²) >= 11 is 0. The number of halogens is 3. The topological polar surface area (TPSA) is 38.0 Å². The maximum atomic E-state index is 12.7. The third kappa shape index (κ3) is 5.72. The van der Waals surface area contributed by atoms with Gasteiger partial charge in [-0.05, 0) is 24.6 Å². The normalized spacial score (nSPS) is 11.6. The summed E-state index contributed by atoms with van der Waals surface area (Å²) in [6.07, 6.45) is 2.55. The van der Waals surface area contributed by atoms with E-state index in [1.807, 2.05) is 0 Å². The van der Waals surface area contributed by atoms with E-state index in [9.17, 15) is 13.2 Å². The highest BCUT2D eigenvalue weighted by Crippen LogP contribution is 2.35. The summed E-state index contributed by atoms with van der Waals surface area (Å²) in [4.78, 5) is 0. The molecule has 0 spiro atoms. The van der Waals surface area contributed by atoms with Gasteiger partial charge in [0.15, 0.2) is 0 Å². The zero-order valence-electron chi connectivity index (χ0n) is 11.9. The Balaban J connectivity index is 2.38. The van der Waals surface area contributed by atoms with Gasteiger partial charge >= 0.3 is 6.18 Å². The van der Waals surface area contributed by atoms with Crippen LogP contribution in [0.3, 0.4) is 0 Å². The Morgan fingerprint density at radius 2 is 1.70 bits per heavy atom. The third-order valence-electron chi connectivity index (χ3n) is 3.22. The molecular weight excluding hydrogens is 265 g/mol. The van der Waals surface area contributed by atoms with Crippen molar-refractivity contribution in [3.63, 3.8) is 0 Å². The van der Waals surface area contributed by atoms with Crippen LogP contribution in [-0.2, 0) is 6.18 Å². The molecule has 114 valence electrons. The van der Waals surface area contributed by atoms with Crippen molar-refractivity contribution in [3.8, 4) is 0 Å². The van der Waals surface area contributed by atoms with Gasteiger partial charge in [0.2, 0.25) is 0 Å². The van der Waals surface area contributed by atoms with Gasteiger partial charge in [-0.3, -0.25) is 0 Å². The Bertz CT molecular complexity index is 403. The SMILES string of the molecule is CCCCCCCCNc1ccc(N)c(C(F)(F)F)c1. The van der Waals surface area contributed by atoms with Crippen LogP contribution in [0.1, 0.15) is 51.0 Å². The monoisotopic (exact) mass is 288 g/mol. The molecule has 0 unspecified atom stereocenters. The Morgan fingerprint density at radius 3 is 2.35 bits per heavy atom. The first-order chi connectivity index (χ1) is 9.45. The molecule has 0 aromatic heterocycles. The van der Waals surface area contributed by atoms with Crippen LogP contribution >= 0.6 is 0 Å². The molecule has 0 fully saturated rings. The maximum Gasteiger partial charge on any atom is 0.418 e. The summed E-state index contributed by atoms with van der Waals surface area (Å²) in [5.74, 6) is 0. The zero-order chi connectivity index (χ0) is 15.0. The summed E-state index contributed by atoms with van der Waals surface area (Å²) in [6.45, 7) is 2.86. The number of nitrogens with one attached hydrogen (secondary N) is 1. The summed E-state index contributed by atoms with van der Waals surface area (Å²) in [7, 11) is 0. The van der Waals surface area contributed by atoms with E-state index in [0.29, 0.717) is 12.2 Å². The van der Waals surface area contributed by atoms with Crippen LogP contribution in [0.5, 0.6) is 0 Å². The molecule has 2 nitrogen and oxygen atoms in total. The molecule has 0 aliphatic heterocycles. The van der Waals surface area contributed by atoms with Crippen LogP contribution in [-0.4, -0.2) is 6.54 Å². The molecule has 0 aliphatic rings. The van der Waals surface area contributed by atoms with Gasteiger partial charge < -0.3 is 11.1 Å². The van der Waals surface area contributed by atoms with E-state index >= 15 is 0 Å². The molecular formula is C15H23F3N2. The van der Waals surface area contributed by atoms with Crippen molar-refractivity contribution in [2.24, 2.45) is 0 Å². The van der Waals surface area contributed by atoms with E-state index in [0.717, 1.165) is 18.9 Å². The summed E-state index contributed by atoms with van der Waals surface area (Å²) in [6, 6.07) is 3.96. The second kappa shape index (κ2) is 8.02. The number of hydrogen-bond donors (Lipinski definition) is 2. The van der Waals surface area contributed by atoms with E-state index in [1.165, 1.54) is 31.7 Å². The van der Waals surface area contributed by atoms with Gasteiger partial charge in [-0.2, -0.15) is 13.2 Å². The average molecular weight is 288 g/mol. The van der Waals surface area contributed by atoms with Gasteiger partial charge in [-0.15, -0.1) is 0 Å². The number of benzene rings is 1. The number of hydrogen-bond acceptors (Lipinski definition) is 2. The second-order valence-corrected chi connectivity index (χ2v) is 4.99. The smallest absolute Gasteiger partial charge is 0.398 e. The fraction of sp³-hybridized carbons (Fsp3) is 0.600. The molecule has 0 heterocycles. The third-order valence-corrected chi connectivity index (χ3v) is 3.22. The van der Waals surface area contributed by atoms with E-state index < -0.39 is 11.7 Å². The Morgan fingerprint density at radius 1 is 1.05 bits per heavy atom. The van der Waals surface area contributed by atoms with Crippen LogP contribution in [0.2, 0.25) is 0 Å². The molecule has 1 aromatic carbocycles. The number of nitrogen functional groups attached to an aromatic ring is 1. The number of alkyl halides is 3. The van der Waals surface area contributed by atoms with Crippen molar-refractivity contribution in [2.75, 3.05) is 17.6 Å². The predicted octanol–water partition coefficient (Wildman–Crippen LogP) is 5.06. The van der Waals surface area contributed by atoms with Crippen molar-refractivity contribution in [3.05, 3.63) is 23.8 Å². The van der Waals surface area contributed by atoms with Gasteiger partial charge in [0, 0.05) is 17.9 Å². The first-order valence-corrected chi connectivity index (χ1v) is 7.15. The quantitative estimate of drug-likeness (QED) is 0.518. The number of anilines is 2. The molecule has 0 atom stereocenters. The molecule has 0 aliphatic carbocycles. The number of rotatable bonds is 8. The molecule has 3 N–H and O–H groups in total. The molecule has 1 rings (SSSR count). The second-order valence-electron chi connectivity index (χ2n) is 4.99. The molecule has 0 saturated heterocycles. The van der Waals surface area contributed by atoms with E-state index in [2.05, 4.69) is 12.2 Å². The van der Waals surface area contributed by atoms with E-state index in [-0.39, 0.29) is 5.69 Å². The summed E-state index contributed by atoms with van der Waals surface area (Å²) in [5.41, 5.74) is 4.82. The molecule has 20 heavy (non-hydrogen) atoms. The zero-order valence-corrected chi connectivity index (χ0v) is 11.9. The van der Waals surface area contributed by atoms with Crippen LogP contribution in [0.25, 0.3) is 0 Å². The minimum atomic E-state index is -4.40. The van der Waals surface area contributed by atoms with Gasteiger partial charge in [-0.25, -0.2) is 0 Å². The molecule has 0 saturated carbocycles. The minimum Gasteiger partial charge on any atom is -0.398 e. The largest absolute Gasteiger partial charge is 0.418 e. The Kier molecular flexibility index (Phi) is 6.68. The highest BCUT2D eigenvalue weighted by atomic mass is 19.4. The van der Waals surface area contributed by atoms with Crippen LogP contribution in [0.4, 0.5) is 24.5 Å². The highest BCUT2D eigenvalue weighted by Gasteiger charge is 2.33. The van der Waals surface area contributed by atoms with E-state index in [4.69, 9.17) is 5.73 Å². The van der Waals surface area contributed by atoms with Crippen molar-refractivity contribution >= 4 is 11.4 Å². The van der Waals surface area contributed by atoms with Crippen molar-refractivity contribution in [2.45, 2.75) is 51.6 Å². The summed E-state index contributed by atoms with van der Waals surface area (Å²) < 4.78 is 38.0. The highest BCUT2D eigenvalue weighted by molar-refractivity contribution is 5.58. The lowest BCUT2D eigenvalue weighted by Crippen LogP contribution is -2.10. The molecule has 0 bridgehead atoms. The lowest BCUT2D eigenvalue weighted by atomic mass is 10.1. The van der Waals surface area contributed by atoms with Gasteiger partial charge in [0.1, 0.15) is 0 Å².